The van der Waals surface area contributed by atoms with E-state index in [1.54, 1.807) is 21.0 Å². The first-order valence-corrected chi connectivity index (χ1v) is 6.18. The molecule has 1 aromatic carbocycles. The minimum Gasteiger partial charge on any atom is -0.496 e. The van der Waals surface area contributed by atoms with Gasteiger partial charge in [0, 0.05) is 5.56 Å². The van der Waals surface area contributed by atoms with Gasteiger partial charge in [-0.2, -0.15) is 10.4 Å². The summed E-state index contributed by atoms with van der Waals surface area (Å²) in [6.07, 6.45) is 0. The second-order valence-corrected chi connectivity index (χ2v) is 4.47. The molecule has 1 heterocycles. The summed E-state index contributed by atoms with van der Waals surface area (Å²) < 4.78 is 6.56. The Bertz CT molecular complexity index is 742. The van der Waals surface area contributed by atoms with Crippen LogP contribution in [0, 0.1) is 25.2 Å². The van der Waals surface area contributed by atoms with Crippen LogP contribution in [0.3, 0.4) is 0 Å². The molecule has 2 aromatic rings. The number of benzene rings is 1. The van der Waals surface area contributed by atoms with Gasteiger partial charge in [-0.3, -0.25) is 4.79 Å². The Morgan fingerprint density at radius 2 is 2.05 bits per heavy atom. The third-order valence-electron chi connectivity index (χ3n) is 3.26. The topological polar surface area (TPSA) is 67.9 Å². The molecule has 0 aliphatic heterocycles. The molecule has 102 valence electrons. The highest BCUT2D eigenvalue weighted by Crippen LogP contribution is 2.18. The Morgan fingerprint density at radius 1 is 1.35 bits per heavy atom. The summed E-state index contributed by atoms with van der Waals surface area (Å²) in [5.74, 6) is 0.693. The van der Waals surface area contributed by atoms with Crippen LogP contribution >= 0.6 is 0 Å². The van der Waals surface area contributed by atoms with Gasteiger partial charge in [-0.15, -0.1) is 0 Å². The van der Waals surface area contributed by atoms with Crippen LogP contribution in [0.1, 0.15) is 22.4 Å². The number of methoxy groups -OCH3 is 1. The second kappa shape index (κ2) is 5.57. The van der Waals surface area contributed by atoms with Gasteiger partial charge in [0.2, 0.25) is 0 Å². The number of aryl methyl sites for hydroxylation is 1. The van der Waals surface area contributed by atoms with Crippen LogP contribution < -0.4 is 10.3 Å². The van der Waals surface area contributed by atoms with E-state index in [0.29, 0.717) is 17.0 Å². The number of nitriles is 1. The van der Waals surface area contributed by atoms with Gasteiger partial charge < -0.3 is 4.74 Å². The lowest BCUT2D eigenvalue weighted by Gasteiger charge is -2.11. The van der Waals surface area contributed by atoms with Gasteiger partial charge in [0.1, 0.15) is 17.4 Å². The van der Waals surface area contributed by atoms with Crippen LogP contribution in [0.25, 0.3) is 0 Å². The SMILES string of the molecule is COc1ccccc1Cn1nc(C)c(C)c(C#N)c1=O. The fraction of sp³-hybridized carbons (Fsp3) is 0.267. The number of hydrogen-bond donors (Lipinski definition) is 0. The first-order valence-electron chi connectivity index (χ1n) is 6.18. The average molecular weight is 269 g/mol. The van der Waals surface area contributed by atoms with Crippen LogP contribution in [0.15, 0.2) is 29.1 Å². The van der Waals surface area contributed by atoms with Crippen molar-refractivity contribution in [1.82, 2.24) is 9.78 Å². The monoisotopic (exact) mass is 269 g/mol. The van der Waals surface area contributed by atoms with Crippen molar-refractivity contribution in [2.45, 2.75) is 20.4 Å². The first kappa shape index (κ1) is 13.8. The van der Waals surface area contributed by atoms with Gasteiger partial charge in [0.05, 0.1) is 19.3 Å². The number of nitrogens with zero attached hydrogens (tertiary/aromatic N) is 3. The summed E-state index contributed by atoms with van der Waals surface area (Å²) in [6.45, 7) is 3.79. The molecule has 0 aliphatic carbocycles. The second-order valence-electron chi connectivity index (χ2n) is 4.47. The van der Waals surface area contributed by atoms with E-state index in [-0.39, 0.29) is 17.7 Å². The predicted octanol–water partition coefficient (Wildman–Crippen LogP) is 1.79. The zero-order chi connectivity index (χ0) is 14.7. The zero-order valence-corrected chi connectivity index (χ0v) is 11.7. The molecular weight excluding hydrogens is 254 g/mol. The highest BCUT2D eigenvalue weighted by molar-refractivity contribution is 5.37. The van der Waals surface area contributed by atoms with Crippen LogP contribution in [0.4, 0.5) is 0 Å². The molecule has 1 aromatic heterocycles. The van der Waals surface area contributed by atoms with Gasteiger partial charge in [-0.25, -0.2) is 4.68 Å². The predicted molar refractivity (Wildman–Crippen MR) is 74.8 cm³/mol. The molecule has 0 amide bonds. The van der Waals surface area contributed by atoms with Crippen molar-refractivity contribution in [1.29, 1.82) is 5.26 Å². The van der Waals surface area contributed by atoms with Gasteiger partial charge in [0.25, 0.3) is 5.56 Å². The highest BCUT2D eigenvalue weighted by Gasteiger charge is 2.12. The molecule has 0 fully saturated rings. The molecular formula is C15H15N3O2. The van der Waals surface area contributed by atoms with E-state index in [9.17, 15) is 4.79 Å². The zero-order valence-electron chi connectivity index (χ0n) is 11.7. The lowest BCUT2D eigenvalue weighted by atomic mass is 10.1. The molecule has 5 nitrogen and oxygen atoms in total. The molecule has 0 unspecified atom stereocenters. The molecule has 20 heavy (non-hydrogen) atoms. The molecule has 0 aliphatic rings. The summed E-state index contributed by atoms with van der Waals surface area (Å²) >= 11 is 0. The lowest BCUT2D eigenvalue weighted by Crippen LogP contribution is -2.28. The summed E-state index contributed by atoms with van der Waals surface area (Å²) in [5, 5.41) is 13.3. The maximum Gasteiger partial charge on any atom is 0.285 e. The summed E-state index contributed by atoms with van der Waals surface area (Å²) in [6, 6.07) is 9.38. The maximum absolute atomic E-state index is 12.2. The van der Waals surface area contributed by atoms with E-state index >= 15 is 0 Å². The van der Waals surface area contributed by atoms with Gasteiger partial charge in [-0.1, -0.05) is 18.2 Å². The maximum atomic E-state index is 12.2. The Morgan fingerprint density at radius 3 is 2.70 bits per heavy atom. The Balaban J connectivity index is 2.53. The van der Waals surface area contributed by atoms with Gasteiger partial charge in [-0.05, 0) is 25.5 Å². The highest BCUT2D eigenvalue weighted by atomic mass is 16.5. The van der Waals surface area contributed by atoms with Crippen LogP contribution in [0.2, 0.25) is 0 Å². The van der Waals surface area contributed by atoms with Crippen molar-refractivity contribution in [3.63, 3.8) is 0 Å². The third-order valence-corrected chi connectivity index (χ3v) is 3.26. The van der Waals surface area contributed by atoms with E-state index in [1.165, 1.54) is 4.68 Å². The van der Waals surface area contributed by atoms with Crippen molar-refractivity contribution < 1.29 is 4.74 Å². The molecule has 0 saturated carbocycles. The van der Waals surface area contributed by atoms with E-state index in [4.69, 9.17) is 10.00 Å². The minimum absolute atomic E-state index is 0.146. The number of ether oxygens (including phenoxy) is 1. The molecule has 2 rings (SSSR count). The largest absolute Gasteiger partial charge is 0.496 e. The van der Waals surface area contributed by atoms with E-state index in [2.05, 4.69) is 5.10 Å². The van der Waals surface area contributed by atoms with Gasteiger partial charge >= 0.3 is 0 Å². The van der Waals surface area contributed by atoms with Crippen LogP contribution in [-0.4, -0.2) is 16.9 Å². The van der Waals surface area contributed by atoms with Crippen molar-refractivity contribution in [3.05, 3.63) is 57.0 Å². The summed E-state index contributed by atoms with van der Waals surface area (Å²) in [4.78, 5) is 12.2. The van der Waals surface area contributed by atoms with Crippen molar-refractivity contribution in [2.24, 2.45) is 0 Å². The van der Waals surface area contributed by atoms with E-state index in [1.807, 2.05) is 30.3 Å². The number of para-hydroxylation sites is 1. The number of aromatic nitrogens is 2. The normalized spacial score (nSPS) is 10.1. The first-order chi connectivity index (χ1) is 9.58. The number of rotatable bonds is 3. The number of hydrogen-bond acceptors (Lipinski definition) is 4. The summed E-state index contributed by atoms with van der Waals surface area (Å²) in [7, 11) is 1.58. The molecule has 0 N–H and O–H groups in total. The van der Waals surface area contributed by atoms with Crippen LogP contribution in [-0.2, 0) is 6.54 Å². The van der Waals surface area contributed by atoms with Crippen molar-refractivity contribution in [2.75, 3.05) is 7.11 Å². The molecule has 5 heteroatoms. The Hall–Kier alpha value is -2.61. The van der Waals surface area contributed by atoms with E-state index < -0.39 is 0 Å². The molecule has 0 saturated heterocycles. The lowest BCUT2D eigenvalue weighted by molar-refractivity contribution is 0.406. The fourth-order valence-electron chi connectivity index (χ4n) is 2.01. The molecule has 0 radical (unpaired) electrons. The minimum atomic E-state index is -0.374. The average Bonchev–Trinajstić information content (AvgIpc) is 2.46. The Labute approximate surface area is 117 Å². The standard InChI is InChI=1S/C15H15N3O2/c1-10-11(2)17-18(15(19)13(10)8-16)9-12-6-4-5-7-14(12)20-3/h4-7H,9H2,1-3H3. The third kappa shape index (κ3) is 2.41. The Kier molecular flexibility index (Phi) is 3.85. The van der Waals surface area contributed by atoms with Crippen molar-refractivity contribution >= 4 is 0 Å². The van der Waals surface area contributed by atoms with Gasteiger partial charge in [0.15, 0.2) is 0 Å². The molecule has 0 atom stereocenters. The smallest absolute Gasteiger partial charge is 0.285 e. The van der Waals surface area contributed by atoms with E-state index in [0.717, 1.165) is 5.56 Å². The fourth-order valence-corrected chi connectivity index (χ4v) is 2.01. The van der Waals surface area contributed by atoms with Crippen molar-refractivity contribution in [3.8, 4) is 11.8 Å². The van der Waals surface area contributed by atoms with Crippen LogP contribution in [0.5, 0.6) is 5.75 Å². The quantitative estimate of drug-likeness (QED) is 0.852. The molecule has 0 spiro atoms. The molecule has 0 bridgehead atoms. The summed E-state index contributed by atoms with van der Waals surface area (Å²) in [5.41, 5.74) is 1.93.